The Morgan fingerprint density at radius 2 is 2.00 bits per heavy atom. The number of benzene rings is 1. The molecule has 1 spiro atoms. The Hall–Kier alpha value is -2.78. The highest BCUT2D eigenvalue weighted by Crippen LogP contribution is 2.49. The van der Waals surface area contributed by atoms with Crippen LogP contribution < -0.4 is 5.32 Å². The van der Waals surface area contributed by atoms with Crippen LogP contribution in [0.3, 0.4) is 0 Å². The molecule has 26 heavy (non-hydrogen) atoms. The molecule has 6 nitrogen and oxygen atoms in total. The molecule has 1 aliphatic heterocycles. The zero-order valence-corrected chi connectivity index (χ0v) is 14.7. The standard InChI is InChI=1S/C20H21N3O3/c1-14-2-7-18(26-14)11-23(17-8-20(9-17)12-25-13-20)19(24)22-16-5-3-15(10-21)4-6-16/h2-7,17H,8-9,11-13H2,1H3,(H,22,24). The molecular formula is C20H21N3O3. The van der Waals surface area contributed by atoms with Gasteiger partial charge in [-0.25, -0.2) is 4.79 Å². The first-order chi connectivity index (χ1) is 12.6. The molecule has 1 saturated heterocycles. The zero-order valence-electron chi connectivity index (χ0n) is 14.7. The third kappa shape index (κ3) is 3.18. The maximum atomic E-state index is 12.9. The van der Waals surface area contributed by atoms with Crippen LogP contribution in [0.15, 0.2) is 40.8 Å². The van der Waals surface area contributed by atoms with E-state index in [2.05, 4.69) is 11.4 Å². The van der Waals surface area contributed by atoms with Gasteiger partial charge in [0.2, 0.25) is 0 Å². The van der Waals surface area contributed by atoms with Crippen LogP contribution in [0.4, 0.5) is 10.5 Å². The van der Waals surface area contributed by atoms with E-state index in [1.165, 1.54) is 0 Å². The fourth-order valence-electron chi connectivity index (χ4n) is 3.71. The summed E-state index contributed by atoms with van der Waals surface area (Å²) in [5, 5.41) is 11.8. The molecule has 2 aliphatic rings. The molecule has 0 radical (unpaired) electrons. The lowest BCUT2D eigenvalue weighted by Crippen LogP contribution is -2.60. The van der Waals surface area contributed by atoms with Crippen molar-refractivity contribution in [2.24, 2.45) is 5.41 Å². The molecule has 2 heterocycles. The largest absolute Gasteiger partial charge is 0.464 e. The van der Waals surface area contributed by atoms with E-state index in [1.54, 1.807) is 24.3 Å². The minimum absolute atomic E-state index is 0.149. The summed E-state index contributed by atoms with van der Waals surface area (Å²) in [6.07, 6.45) is 1.93. The molecule has 4 rings (SSSR count). The molecule has 0 bridgehead atoms. The molecule has 6 heteroatoms. The van der Waals surface area contributed by atoms with E-state index in [1.807, 2.05) is 24.0 Å². The van der Waals surface area contributed by atoms with E-state index in [9.17, 15) is 4.79 Å². The van der Waals surface area contributed by atoms with Crippen LogP contribution in [0.25, 0.3) is 0 Å². The fraction of sp³-hybridized carbons (Fsp3) is 0.400. The molecular weight excluding hydrogens is 330 g/mol. The molecule has 0 unspecified atom stereocenters. The maximum Gasteiger partial charge on any atom is 0.322 e. The highest BCUT2D eigenvalue weighted by molar-refractivity contribution is 5.89. The molecule has 1 aliphatic carbocycles. The van der Waals surface area contributed by atoms with E-state index in [-0.39, 0.29) is 17.5 Å². The number of carbonyl (C=O) groups excluding carboxylic acids is 1. The van der Waals surface area contributed by atoms with E-state index in [0.29, 0.717) is 17.8 Å². The maximum absolute atomic E-state index is 12.9. The number of nitrogens with zero attached hydrogens (tertiary/aromatic N) is 2. The van der Waals surface area contributed by atoms with Crippen molar-refractivity contribution in [2.45, 2.75) is 32.4 Å². The molecule has 1 N–H and O–H groups in total. The lowest BCUT2D eigenvalue weighted by atomic mass is 9.63. The number of carbonyl (C=O) groups is 1. The summed E-state index contributed by atoms with van der Waals surface area (Å²) in [4.78, 5) is 14.8. The molecule has 1 aromatic carbocycles. The fourth-order valence-corrected chi connectivity index (χ4v) is 3.71. The Kier molecular flexibility index (Phi) is 4.17. The SMILES string of the molecule is Cc1ccc(CN(C(=O)Nc2ccc(C#N)cc2)C2CC3(COC3)C2)o1. The van der Waals surface area contributed by atoms with Crippen LogP contribution in [0.1, 0.15) is 29.9 Å². The minimum Gasteiger partial charge on any atom is -0.464 e. The quantitative estimate of drug-likeness (QED) is 0.911. The lowest BCUT2D eigenvalue weighted by molar-refractivity contribution is -0.180. The van der Waals surface area contributed by atoms with Gasteiger partial charge in [0.05, 0.1) is 31.4 Å². The number of aryl methyl sites for hydroxylation is 1. The Bertz CT molecular complexity index is 838. The van der Waals surface area contributed by atoms with Gasteiger partial charge in [-0.1, -0.05) is 0 Å². The first-order valence-electron chi connectivity index (χ1n) is 8.78. The van der Waals surface area contributed by atoms with E-state index >= 15 is 0 Å². The third-order valence-electron chi connectivity index (χ3n) is 5.24. The van der Waals surface area contributed by atoms with E-state index < -0.39 is 0 Å². The summed E-state index contributed by atoms with van der Waals surface area (Å²) in [7, 11) is 0. The van der Waals surface area contributed by atoms with Gasteiger partial charge in [0.1, 0.15) is 11.5 Å². The van der Waals surface area contributed by atoms with Gasteiger partial charge in [-0.05, 0) is 56.2 Å². The number of furan rings is 1. The summed E-state index contributed by atoms with van der Waals surface area (Å²) in [5.41, 5.74) is 1.52. The molecule has 134 valence electrons. The number of nitriles is 1. The van der Waals surface area contributed by atoms with Crippen molar-refractivity contribution in [1.29, 1.82) is 5.26 Å². The first kappa shape index (κ1) is 16.7. The van der Waals surface area contributed by atoms with Gasteiger partial charge in [0.15, 0.2) is 0 Å². The predicted octanol–water partition coefficient (Wildman–Crippen LogP) is 3.67. The Balaban J connectivity index is 1.47. The number of hydrogen-bond donors (Lipinski definition) is 1. The van der Waals surface area contributed by atoms with Gasteiger partial charge >= 0.3 is 6.03 Å². The number of urea groups is 1. The van der Waals surface area contributed by atoms with Crippen LogP contribution in [0.5, 0.6) is 0 Å². The number of hydrogen-bond acceptors (Lipinski definition) is 4. The molecule has 2 aromatic rings. The Morgan fingerprint density at radius 3 is 2.54 bits per heavy atom. The second-order valence-corrected chi connectivity index (χ2v) is 7.31. The summed E-state index contributed by atoms with van der Waals surface area (Å²) in [6.45, 7) is 3.94. The monoisotopic (exact) mass is 351 g/mol. The highest BCUT2D eigenvalue weighted by Gasteiger charge is 2.52. The van der Waals surface area contributed by atoms with Crippen molar-refractivity contribution in [3.8, 4) is 6.07 Å². The number of rotatable bonds is 4. The molecule has 2 amide bonds. The van der Waals surface area contributed by atoms with Crippen LogP contribution in [-0.2, 0) is 11.3 Å². The number of anilines is 1. The van der Waals surface area contributed by atoms with Gasteiger partial charge in [-0.2, -0.15) is 5.26 Å². The minimum atomic E-state index is -0.149. The van der Waals surface area contributed by atoms with Gasteiger partial charge in [-0.15, -0.1) is 0 Å². The van der Waals surface area contributed by atoms with Crippen LogP contribution in [0.2, 0.25) is 0 Å². The second-order valence-electron chi connectivity index (χ2n) is 7.31. The van der Waals surface area contributed by atoms with Crippen molar-refractivity contribution >= 4 is 11.7 Å². The second kappa shape index (κ2) is 6.50. The average molecular weight is 351 g/mol. The van der Waals surface area contributed by atoms with Crippen molar-refractivity contribution in [1.82, 2.24) is 4.90 Å². The van der Waals surface area contributed by atoms with Crippen molar-refractivity contribution in [3.05, 3.63) is 53.5 Å². The average Bonchev–Trinajstić information content (AvgIpc) is 2.97. The van der Waals surface area contributed by atoms with Gasteiger partial charge in [-0.3, -0.25) is 0 Å². The highest BCUT2D eigenvalue weighted by atomic mass is 16.5. The van der Waals surface area contributed by atoms with Crippen molar-refractivity contribution in [2.75, 3.05) is 18.5 Å². The summed E-state index contributed by atoms with van der Waals surface area (Å²) in [6, 6.07) is 12.8. The number of nitrogens with one attached hydrogen (secondary N) is 1. The number of amides is 2. The normalized spacial score (nSPS) is 17.8. The van der Waals surface area contributed by atoms with Crippen LogP contribution >= 0.6 is 0 Å². The van der Waals surface area contributed by atoms with E-state index in [4.69, 9.17) is 14.4 Å². The van der Waals surface area contributed by atoms with Gasteiger partial charge < -0.3 is 19.4 Å². The molecule has 2 fully saturated rings. The number of ether oxygens (including phenoxy) is 1. The summed E-state index contributed by atoms with van der Waals surface area (Å²) < 4.78 is 11.0. The summed E-state index contributed by atoms with van der Waals surface area (Å²) in [5.74, 6) is 1.62. The van der Waals surface area contributed by atoms with Crippen LogP contribution in [0, 0.1) is 23.7 Å². The Labute approximate surface area is 152 Å². The molecule has 1 aromatic heterocycles. The molecule has 1 saturated carbocycles. The topological polar surface area (TPSA) is 78.5 Å². The third-order valence-corrected chi connectivity index (χ3v) is 5.24. The van der Waals surface area contributed by atoms with E-state index in [0.717, 1.165) is 37.6 Å². The lowest BCUT2D eigenvalue weighted by Gasteiger charge is -2.55. The predicted molar refractivity (Wildman–Crippen MR) is 95.4 cm³/mol. The molecule has 0 atom stereocenters. The van der Waals surface area contributed by atoms with Crippen LogP contribution in [-0.4, -0.2) is 30.2 Å². The smallest absolute Gasteiger partial charge is 0.322 e. The first-order valence-corrected chi connectivity index (χ1v) is 8.78. The Morgan fingerprint density at radius 1 is 1.27 bits per heavy atom. The zero-order chi connectivity index (χ0) is 18.1. The van der Waals surface area contributed by atoms with Crippen molar-refractivity contribution in [3.63, 3.8) is 0 Å². The van der Waals surface area contributed by atoms with Gasteiger partial charge in [0, 0.05) is 17.1 Å². The van der Waals surface area contributed by atoms with Crippen molar-refractivity contribution < 1.29 is 13.9 Å². The van der Waals surface area contributed by atoms with Gasteiger partial charge in [0.25, 0.3) is 0 Å². The summed E-state index contributed by atoms with van der Waals surface area (Å²) >= 11 is 0.